The van der Waals surface area contributed by atoms with Crippen molar-refractivity contribution in [3.63, 3.8) is 0 Å². The van der Waals surface area contributed by atoms with Crippen LogP contribution in [0.5, 0.6) is 0 Å². The molecule has 0 N–H and O–H groups in total. The van der Waals surface area contributed by atoms with Crippen molar-refractivity contribution in [3.05, 3.63) is 35.9 Å². The van der Waals surface area contributed by atoms with Crippen molar-refractivity contribution in [2.45, 2.75) is 26.4 Å². The van der Waals surface area contributed by atoms with E-state index in [0.717, 1.165) is 16.7 Å². The zero-order valence-electron chi connectivity index (χ0n) is 16.2. The molecule has 0 atom stereocenters. The van der Waals surface area contributed by atoms with E-state index in [1.165, 1.54) is 7.11 Å². The number of pyridine rings is 1. The van der Waals surface area contributed by atoms with Gasteiger partial charge >= 0.3 is 12.1 Å². The van der Waals surface area contributed by atoms with Crippen LogP contribution in [0.15, 0.2) is 30.3 Å². The molecule has 0 aliphatic carbocycles. The van der Waals surface area contributed by atoms with Crippen LogP contribution in [0.25, 0.3) is 10.9 Å². The number of nitrogens with zero attached hydrogens (tertiary/aromatic N) is 3. The summed E-state index contributed by atoms with van der Waals surface area (Å²) in [5.74, 6) is 0.453. The van der Waals surface area contributed by atoms with Crippen molar-refractivity contribution >= 4 is 28.8 Å². The van der Waals surface area contributed by atoms with Crippen molar-refractivity contribution < 1.29 is 19.1 Å². The number of rotatable bonds is 2. The Kier molecular flexibility index (Phi) is 5.21. The molecular weight excluding hydrogens is 346 g/mol. The van der Waals surface area contributed by atoms with E-state index in [4.69, 9.17) is 9.47 Å². The first-order valence-corrected chi connectivity index (χ1v) is 8.99. The lowest BCUT2D eigenvalue weighted by Gasteiger charge is -2.36. The van der Waals surface area contributed by atoms with Gasteiger partial charge in [-0.1, -0.05) is 6.07 Å². The summed E-state index contributed by atoms with van der Waals surface area (Å²) in [5.41, 5.74) is 0.750. The maximum Gasteiger partial charge on any atom is 0.410 e. The third-order valence-electron chi connectivity index (χ3n) is 4.38. The number of aromatic nitrogens is 1. The number of amides is 1. The minimum atomic E-state index is -0.495. The minimum absolute atomic E-state index is 0.281. The molecular formula is C20H25N3O4. The fourth-order valence-electron chi connectivity index (χ4n) is 3.05. The van der Waals surface area contributed by atoms with Gasteiger partial charge in [-0.3, -0.25) is 0 Å². The average molecular weight is 371 g/mol. The van der Waals surface area contributed by atoms with Crippen LogP contribution >= 0.6 is 0 Å². The van der Waals surface area contributed by atoms with Gasteiger partial charge in [0.1, 0.15) is 11.4 Å². The molecule has 7 nitrogen and oxygen atoms in total. The van der Waals surface area contributed by atoms with Gasteiger partial charge in [0.05, 0.1) is 18.2 Å². The molecule has 1 aliphatic heterocycles. The van der Waals surface area contributed by atoms with Gasteiger partial charge in [-0.25, -0.2) is 14.6 Å². The quantitative estimate of drug-likeness (QED) is 0.756. The Hall–Kier alpha value is -2.83. The normalized spacial score (nSPS) is 15.0. The molecule has 1 fully saturated rings. The number of benzene rings is 1. The number of piperazine rings is 1. The molecule has 2 aromatic rings. The molecule has 1 aliphatic rings. The fourth-order valence-corrected chi connectivity index (χ4v) is 3.05. The number of anilines is 1. The van der Waals surface area contributed by atoms with Gasteiger partial charge in [0.2, 0.25) is 0 Å². The smallest absolute Gasteiger partial charge is 0.410 e. The molecule has 0 unspecified atom stereocenters. The molecule has 27 heavy (non-hydrogen) atoms. The molecule has 0 saturated carbocycles. The number of carbonyl (C=O) groups excluding carboxylic acids is 2. The van der Waals surface area contributed by atoms with Gasteiger partial charge in [0, 0.05) is 31.6 Å². The van der Waals surface area contributed by atoms with Crippen molar-refractivity contribution in [2.75, 3.05) is 38.2 Å². The molecule has 1 amide bonds. The van der Waals surface area contributed by atoms with E-state index in [9.17, 15) is 9.59 Å². The average Bonchev–Trinajstić information content (AvgIpc) is 2.65. The third kappa shape index (κ3) is 4.30. The summed E-state index contributed by atoms with van der Waals surface area (Å²) in [4.78, 5) is 32.6. The van der Waals surface area contributed by atoms with Crippen LogP contribution < -0.4 is 4.90 Å². The summed E-state index contributed by atoms with van der Waals surface area (Å²) in [7, 11) is 1.37. The van der Waals surface area contributed by atoms with Crippen molar-refractivity contribution in [2.24, 2.45) is 0 Å². The molecule has 3 rings (SSSR count). The number of ether oxygens (including phenoxy) is 2. The Morgan fingerprint density at radius 3 is 2.37 bits per heavy atom. The third-order valence-corrected chi connectivity index (χ3v) is 4.38. The van der Waals surface area contributed by atoms with Crippen LogP contribution in [0.3, 0.4) is 0 Å². The van der Waals surface area contributed by atoms with Crippen LogP contribution in [-0.2, 0) is 9.47 Å². The second kappa shape index (κ2) is 7.42. The Labute approximate surface area is 158 Å². The highest BCUT2D eigenvalue weighted by atomic mass is 16.6. The van der Waals surface area contributed by atoms with E-state index < -0.39 is 5.60 Å². The SMILES string of the molecule is COC(=O)c1cccc2nc(N3CCN(C(=O)OC(C)(C)C)CC3)ccc12. The van der Waals surface area contributed by atoms with Gasteiger partial charge in [-0.2, -0.15) is 0 Å². The van der Waals surface area contributed by atoms with E-state index >= 15 is 0 Å². The molecule has 0 bridgehead atoms. The lowest BCUT2D eigenvalue weighted by Crippen LogP contribution is -2.50. The maximum atomic E-state index is 12.2. The molecule has 0 spiro atoms. The topological polar surface area (TPSA) is 72.0 Å². The zero-order chi connectivity index (χ0) is 19.6. The highest BCUT2D eigenvalue weighted by Gasteiger charge is 2.26. The number of esters is 1. The first kappa shape index (κ1) is 18.9. The van der Waals surface area contributed by atoms with Crippen LogP contribution in [-0.4, -0.2) is 60.8 Å². The van der Waals surface area contributed by atoms with Crippen molar-refractivity contribution in [1.29, 1.82) is 0 Å². The van der Waals surface area contributed by atoms with Crippen LogP contribution in [0.1, 0.15) is 31.1 Å². The Balaban J connectivity index is 1.72. The van der Waals surface area contributed by atoms with E-state index in [0.29, 0.717) is 31.7 Å². The monoisotopic (exact) mass is 371 g/mol. The van der Waals surface area contributed by atoms with Gasteiger partial charge in [0.25, 0.3) is 0 Å². The predicted octanol–water partition coefficient (Wildman–Crippen LogP) is 3.08. The largest absolute Gasteiger partial charge is 0.465 e. The Morgan fingerprint density at radius 1 is 1.04 bits per heavy atom. The first-order valence-electron chi connectivity index (χ1n) is 8.99. The maximum absolute atomic E-state index is 12.2. The summed E-state index contributed by atoms with van der Waals surface area (Å²) < 4.78 is 10.3. The minimum Gasteiger partial charge on any atom is -0.465 e. The number of hydrogen-bond donors (Lipinski definition) is 0. The molecule has 2 heterocycles. The summed E-state index contributed by atoms with van der Waals surface area (Å²) in [5, 5.41) is 0.764. The van der Waals surface area contributed by atoms with Gasteiger partial charge in [0.15, 0.2) is 0 Å². The Morgan fingerprint density at radius 2 is 1.74 bits per heavy atom. The number of methoxy groups -OCH3 is 1. The molecule has 1 saturated heterocycles. The molecule has 7 heteroatoms. The molecule has 0 radical (unpaired) electrons. The van der Waals surface area contributed by atoms with Gasteiger partial charge < -0.3 is 19.3 Å². The number of carbonyl (C=O) groups is 2. The van der Waals surface area contributed by atoms with E-state index in [1.54, 1.807) is 17.0 Å². The number of hydrogen-bond acceptors (Lipinski definition) is 6. The highest BCUT2D eigenvalue weighted by Crippen LogP contribution is 2.23. The lowest BCUT2D eigenvalue weighted by molar-refractivity contribution is 0.0240. The molecule has 1 aromatic carbocycles. The second-order valence-electron chi connectivity index (χ2n) is 7.49. The predicted molar refractivity (Wildman–Crippen MR) is 103 cm³/mol. The van der Waals surface area contributed by atoms with Gasteiger partial charge in [-0.15, -0.1) is 0 Å². The molecule has 1 aromatic heterocycles. The summed E-state index contributed by atoms with van der Waals surface area (Å²) in [6, 6.07) is 9.20. The lowest BCUT2D eigenvalue weighted by atomic mass is 10.1. The summed E-state index contributed by atoms with van der Waals surface area (Å²) >= 11 is 0. The van der Waals surface area contributed by atoms with E-state index in [-0.39, 0.29) is 12.1 Å². The standard InChI is InChI=1S/C20H25N3O4/c1-20(2,3)27-19(25)23-12-10-22(11-13-23)17-9-8-14-15(18(24)26-4)6-5-7-16(14)21-17/h5-9H,10-13H2,1-4H3. The zero-order valence-corrected chi connectivity index (χ0v) is 16.2. The highest BCUT2D eigenvalue weighted by molar-refractivity contribution is 6.03. The van der Waals surface area contributed by atoms with E-state index in [2.05, 4.69) is 9.88 Å². The fraction of sp³-hybridized carbons (Fsp3) is 0.450. The van der Waals surface area contributed by atoms with Crippen molar-refractivity contribution in [3.8, 4) is 0 Å². The van der Waals surface area contributed by atoms with Crippen LogP contribution in [0.4, 0.5) is 10.6 Å². The summed E-state index contributed by atoms with van der Waals surface area (Å²) in [6.07, 6.45) is -0.281. The number of fused-ring (bicyclic) bond motifs is 1. The second-order valence-corrected chi connectivity index (χ2v) is 7.49. The first-order chi connectivity index (χ1) is 12.8. The van der Waals surface area contributed by atoms with Gasteiger partial charge in [-0.05, 0) is 45.0 Å². The Bertz CT molecular complexity index is 852. The molecule has 144 valence electrons. The van der Waals surface area contributed by atoms with Crippen LogP contribution in [0.2, 0.25) is 0 Å². The van der Waals surface area contributed by atoms with Crippen LogP contribution in [0, 0.1) is 0 Å². The van der Waals surface area contributed by atoms with Crippen molar-refractivity contribution in [1.82, 2.24) is 9.88 Å². The summed E-state index contributed by atoms with van der Waals surface area (Å²) in [6.45, 7) is 8.10. The van der Waals surface area contributed by atoms with E-state index in [1.807, 2.05) is 39.0 Å².